The molecular weight excluding hydrogens is 206 g/mol. The normalized spacial score (nSPS) is 12.9. The molecule has 0 aromatic carbocycles. The van der Waals surface area contributed by atoms with E-state index in [1.54, 1.807) is 13.8 Å². The summed E-state index contributed by atoms with van der Waals surface area (Å²) in [5, 5.41) is 11.6. The number of nitrogens with one attached hydrogen (secondary N) is 1. The van der Waals surface area contributed by atoms with E-state index in [0.717, 1.165) is 12.8 Å². The number of aliphatic carboxylic acids is 1. The van der Waals surface area contributed by atoms with Crippen LogP contribution in [0.1, 0.15) is 40.5 Å². The highest BCUT2D eigenvalue weighted by Gasteiger charge is 2.28. The SMILES string of the molecule is CC(C)CCCNC(=O)C(C(=O)O)C(C)C. The summed E-state index contributed by atoms with van der Waals surface area (Å²) in [7, 11) is 0. The van der Waals surface area contributed by atoms with Crippen LogP contribution in [0.4, 0.5) is 0 Å². The molecule has 0 heterocycles. The maximum absolute atomic E-state index is 11.6. The number of hydrogen-bond donors (Lipinski definition) is 2. The quantitative estimate of drug-likeness (QED) is 0.517. The molecule has 0 bridgehead atoms. The summed E-state index contributed by atoms with van der Waals surface area (Å²) in [6.45, 7) is 8.29. The van der Waals surface area contributed by atoms with Gasteiger partial charge in [-0.25, -0.2) is 0 Å². The average Bonchev–Trinajstić information content (AvgIpc) is 2.10. The van der Waals surface area contributed by atoms with Crippen LogP contribution in [0, 0.1) is 17.8 Å². The Morgan fingerprint density at radius 2 is 1.75 bits per heavy atom. The zero-order chi connectivity index (χ0) is 12.7. The van der Waals surface area contributed by atoms with Crippen molar-refractivity contribution in [2.75, 3.05) is 6.54 Å². The number of hydrogen-bond acceptors (Lipinski definition) is 2. The van der Waals surface area contributed by atoms with Crippen molar-refractivity contribution >= 4 is 11.9 Å². The highest BCUT2D eigenvalue weighted by Crippen LogP contribution is 2.11. The number of carboxylic acid groups (broad SMARTS) is 1. The van der Waals surface area contributed by atoms with Crippen molar-refractivity contribution < 1.29 is 14.7 Å². The minimum Gasteiger partial charge on any atom is -0.481 e. The summed E-state index contributed by atoms with van der Waals surface area (Å²) < 4.78 is 0. The van der Waals surface area contributed by atoms with E-state index in [4.69, 9.17) is 5.11 Å². The van der Waals surface area contributed by atoms with E-state index in [2.05, 4.69) is 19.2 Å². The Kier molecular flexibility index (Phi) is 6.77. The first kappa shape index (κ1) is 14.9. The Morgan fingerprint density at radius 1 is 1.19 bits per heavy atom. The molecule has 1 amide bonds. The molecule has 4 heteroatoms. The summed E-state index contributed by atoms with van der Waals surface area (Å²) in [5.41, 5.74) is 0. The summed E-state index contributed by atoms with van der Waals surface area (Å²) in [6, 6.07) is 0. The molecule has 0 fully saturated rings. The van der Waals surface area contributed by atoms with Crippen LogP contribution in [0.15, 0.2) is 0 Å². The van der Waals surface area contributed by atoms with Gasteiger partial charge in [-0.3, -0.25) is 9.59 Å². The zero-order valence-electron chi connectivity index (χ0n) is 10.6. The fraction of sp³-hybridized carbons (Fsp3) is 0.833. The summed E-state index contributed by atoms with van der Waals surface area (Å²) in [5.74, 6) is -1.92. The third kappa shape index (κ3) is 5.73. The van der Waals surface area contributed by atoms with Crippen LogP contribution in [0.5, 0.6) is 0 Å². The molecule has 1 atom stereocenters. The van der Waals surface area contributed by atoms with Gasteiger partial charge in [0.05, 0.1) is 0 Å². The van der Waals surface area contributed by atoms with Crippen molar-refractivity contribution in [1.29, 1.82) is 0 Å². The fourth-order valence-electron chi connectivity index (χ4n) is 1.53. The minimum atomic E-state index is -1.05. The van der Waals surface area contributed by atoms with Crippen molar-refractivity contribution in [3.63, 3.8) is 0 Å². The van der Waals surface area contributed by atoms with Gasteiger partial charge in [-0.15, -0.1) is 0 Å². The second kappa shape index (κ2) is 7.25. The first-order valence-electron chi connectivity index (χ1n) is 5.86. The number of amides is 1. The number of rotatable bonds is 7. The van der Waals surface area contributed by atoms with Gasteiger partial charge in [-0.2, -0.15) is 0 Å². The Labute approximate surface area is 97.4 Å². The molecule has 4 nitrogen and oxygen atoms in total. The lowest BCUT2D eigenvalue weighted by Crippen LogP contribution is -2.38. The van der Waals surface area contributed by atoms with E-state index in [1.807, 2.05) is 0 Å². The van der Waals surface area contributed by atoms with E-state index in [1.165, 1.54) is 0 Å². The van der Waals surface area contributed by atoms with E-state index >= 15 is 0 Å². The maximum Gasteiger partial charge on any atom is 0.316 e. The van der Waals surface area contributed by atoms with Crippen molar-refractivity contribution in [2.45, 2.75) is 40.5 Å². The van der Waals surface area contributed by atoms with Crippen LogP contribution in [0.25, 0.3) is 0 Å². The lowest BCUT2D eigenvalue weighted by molar-refractivity contribution is -0.148. The van der Waals surface area contributed by atoms with E-state index in [-0.39, 0.29) is 11.8 Å². The number of carbonyl (C=O) groups excluding carboxylic acids is 1. The van der Waals surface area contributed by atoms with E-state index < -0.39 is 11.9 Å². The van der Waals surface area contributed by atoms with Crippen LogP contribution in [-0.2, 0) is 9.59 Å². The van der Waals surface area contributed by atoms with Gasteiger partial charge in [0.2, 0.25) is 5.91 Å². The largest absolute Gasteiger partial charge is 0.481 e. The monoisotopic (exact) mass is 229 g/mol. The van der Waals surface area contributed by atoms with Crippen LogP contribution in [0.3, 0.4) is 0 Å². The molecular formula is C12H23NO3. The van der Waals surface area contributed by atoms with Gasteiger partial charge in [-0.05, 0) is 24.7 Å². The Bertz CT molecular complexity index is 236. The van der Waals surface area contributed by atoms with Gasteiger partial charge in [0.15, 0.2) is 0 Å². The molecule has 0 aliphatic carbocycles. The number of carboxylic acids is 1. The van der Waals surface area contributed by atoms with Crippen LogP contribution >= 0.6 is 0 Å². The molecule has 0 saturated carbocycles. The molecule has 0 radical (unpaired) electrons. The summed E-state index contributed by atoms with van der Waals surface area (Å²) in [4.78, 5) is 22.4. The van der Waals surface area contributed by atoms with Gasteiger partial charge in [0.1, 0.15) is 5.92 Å². The molecule has 0 spiro atoms. The standard InChI is InChI=1S/C12H23NO3/c1-8(2)6-5-7-13-11(14)10(9(3)4)12(15)16/h8-10H,5-7H2,1-4H3,(H,13,14)(H,15,16). The van der Waals surface area contributed by atoms with Crippen LogP contribution < -0.4 is 5.32 Å². The topological polar surface area (TPSA) is 66.4 Å². The van der Waals surface area contributed by atoms with E-state index in [9.17, 15) is 9.59 Å². The summed E-state index contributed by atoms with van der Waals surface area (Å²) >= 11 is 0. The molecule has 0 saturated heterocycles. The molecule has 16 heavy (non-hydrogen) atoms. The smallest absolute Gasteiger partial charge is 0.316 e. The van der Waals surface area contributed by atoms with Crippen LogP contribution in [-0.4, -0.2) is 23.5 Å². The lowest BCUT2D eigenvalue weighted by atomic mass is 9.95. The zero-order valence-corrected chi connectivity index (χ0v) is 10.6. The molecule has 94 valence electrons. The van der Waals surface area contributed by atoms with Crippen molar-refractivity contribution in [2.24, 2.45) is 17.8 Å². The first-order chi connectivity index (χ1) is 7.36. The van der Waals surface area contributed by atoms with Gasteiger partial charge in [0, 0.05) is 6.54 Å². The predicted molar refractivity (Wildman–Crippen MR) is 63.0 cm³/mol. The maximum atomic E-state index is 11.6. The molecule has 2 N–H and O–H groups in total. The average molecular weight is 229 g/mol. The second-order valence-corrected chi connectivity index (χ2v) is 4.89. The van der Waals surface area contributed by atoms with Crippen molar-refractivity contribution in [3.05, 3.63) is 0 Å². The van der Waals surface area contributed by atoms with Gasteiger partial charge in [0.25, 0.3) is 0 Å². The molecule has 1 unspecified atom stereocenters. The Hall–Kier alpha value is -1.06. The third-order valence-corrected chi connectivity index (χ3v) is 2.47. The molecule has 0 aliphatic rings. The van der Waals surface area contributed by atoms with E-state index in [0.29, 0.717) is 12.5 Å². The van der Waals surface area contributed by atoms with Crippen molar-refractivity contribution in [1.82, 2.24) is 5.32 Å². The third-order valence-electron chi connectivity index (χ3n) is 2.47. The highest BCUT2D eigenvalue weighted by atomic mass is 16.4. The Morgan fingerprint density at radius 3 is 2.12 bits per heavy atom. The van der Waals surface area contributed by atoms with Crippen molar-refractivity contribution in [3.8, 4) is 0 Å². The molecule has 0 aromatic rings. The highest BCUT2D eigenvalue weighted by molar-refractivity contribution is 5.97. The predicted octanol–water partition coefficient (Wildman–Crippen LogP) is 1.90. The van der Waals surface area contributed by atoms with Gasteiger partial charge < -0.3 is 10.4 Å². The molecule has 0 aromatic heterocycles. The Balaban J connectivity index is 3.98. The number of carbonyl (C=O) groups is 2. The van der Waals surface area contributed by atoms with Gasteiger partial charge in [-0.1, -0.05) is 27.7 Å². The lowest BCUT2D eigenvalue weighted by Gasteiger charge is -2.16. The van der Waals surface area contributed by atoms with Gasteiger partial charge >= 0.3 is 5.97 Å². The molecule has 0 aliphatic heterocycles. The van der Waals surface area contributed by atoms with Crippen LogP contribution in [0.2, 0.25) is 0 Å². The summed E-state index contributed by atoms with van der Waals surface area (Å²) in [6.07, 6.45) is 1.94. The molecule has 0 rings (SSSR count). The minimum absolute atomic E-state index is 0.178. The second-order valence-electron chi connectivity index (χ2n) is 4.89. The first-order valence-corrected chi connectivity index (χ1v) is 5.86. The fourth-order valence-corrected chi connectivity index (χ4v) is 1.53.